The van der Waals surface area contributed by atoms with Gasteiger partial charge >= 0.3 is 12.2 Å². The largest absolute Gasteiger partial charge is 0.393 e. The number of hydrogen-bond acceptors (Lipinski definition) is 4. The summed E-state index contributed by atoms with van der Waals surface area (Å²) in [7, 11) is 0. The number of aromatic nitrogens is 3. The molecule has 3 aromatic carbocycles. The molecule has 0 radical (unpaired) electrons. The lowest BCUT2D eigenvalue weighted by atomic mass is 10.0. The molecule has 2 heterocycles. The number of nitrogens with zero attached hydrogens (tertiary/aromatic N) is 5. The minimum Gasteiger partial charge on any atom is -0.318 e. The predicted octanol–water partition coefficient (Wildman–Crippen LogP) is 8.45. The number of urea groups is 1. The number of aryl methyl sites for hydroxylation is 1. The van der Waals surface area contributed by atoms with Gasteiger partial charge < -0.3 is 10.2 Å². The third-order valence-corrected chi connectivity index (χ3v) is 8.76. The fourth-order valence-corrected chi connectivity index (χ4v) is 6.36. The molecule has 1 fully saturated rings. The van der Waals surface area contributed by atoms with Crippen molar-refractivity contribution in [1.29, 1.82) is 0 Å². The molecular formula is C34H35F3N6OS. The number of benzene rings is 3. The van der Waals surface area contributed by atoms with Crippen LogP contribution in [0.4, 0.5) is 23.7 Å². The Morgan fingerprint density at radius 2 is 1.76 bits per heavy atom. The van der Waals surface area contributed by atoms with Crippen molar-refractivity contribution in [2.24, 2.45) is 4.99 Å². The van der Waals surface area contributed by atoms with Crippen LogP contribution in [0.1, 0.15) is 50.8 Å². The summed E-state index contributed by atoms with van der Waals surface area (Å²) in [6.45, 7) is 8.08. The summed E-state index contributed by atoms with van der Waals surface area (Å²) < 4.78 is 39.5. The average Bonchev–Trinajstić information content (AvgIpc) is 3.51. The third kappa shape index (κ3) is 7.83. The number of nitrogens with one attached hydrogen (secondary N) is 1. The molecule has 1 aromatic heterocycles. The lowest BCUT2D eigenvalue weighted by molar-refractivity contribution is -0.127. The summed E-state index contributed by atoms with van der Waals surface area (Å²) in [6, 6.07) is 21.8. The quantitative estimate of drug-likeness (QED) is 0.221. The molecule has 45 heavy (non-hydrogen) atoms. The van der Waals surface area contributed by atoms with E-state index in [-0.39, 0.29) is 11.6 Å². The van der Waals surface area contributed by atoms with Crippen LogP contribution < -0.4 is 10.2 Å². The van der Waals surface area contributed by atoms with Gasteiger partial charge in [0.15, 0.2) is 11.0 Å². The molecule has 11 heteroatoms. The summed E-state index contributed by atoms with van der Waals surface area (Å²) >= 11 is 1.60. The van der Waals surface area contributed by atoms with Gasteiger partial charge in [0.05, 0.1) is 12.1 Å². The van der Waals surface area contributed by atoms with E-state index in [9.17, 15) is 18.0 Å². The molecule has 4 aromatic rings. The molecule has 0 bridgehead atoms. The number of allylic oxidation sites excluding steroid dienone is 2. The first-order chi connectivity index (χ1) is 21.5. The van der Waals surface area contributed by atoms with E-state index < -0.39 is 18.6 Å². The highest BCUT2D eigenvalue weighted by Gasteiger charge is 2.28. The third-order valence-electron chi connectivity index (χ3n) is 7.77. The SMILES string of the molecule is CCc1ccccc1N1C(=NC(=O)N/C(C)=C(\C)c2ccc(-c3ncn(-c4ccc(CC(F)(F)F)cc4)n3)cc2)SCCC1C. The van der Waals surface area contributed by atoms with Crippen LogP contribution in [0, 0.1) is 0 Å². The molecule has 0 spiro atoms. The van der Waals surface area contributed by atoms with E-state index in [4.69, 9.17) is 0 Å². The number of aliphatic imine (C=N–C) groups is 1. The van der Waals surface area contributed by atoms with Gasteiger partial charge in [0, 0.05) is 28.7 Å². The highest BCUT2D eigenvalue weighted by molar-refractivity contribution is 8.14. The Morgan fingerprint density at radius 1 is 1.04 bits per heavy atom. The lowest BCUT2D eigenvalue weighted by Gasteiger charge is -2.36. The molecule has 1 unspecified atom stereocenters. The zero-order valence-electron chi connectivity index (χ0n) is 25.6. The number of thioether (sulfide) groups is 1. The Morgan fingerprint density at radius 3 is 2.44 bits per heavy atom. The fourth-order valence-electron chi connectivity index (χ4n) is 5.15. The molecular weight excluding hydrogens is 597 g/mol. The molecule has 5 rings (SSSR count). The van der Waals surface area contributed by atoms with Gasteiger partial charge in [-0.1, -0.05) is 73.3 Å². The van der Waals surface area contributed by atoms with Gasteiger partial charge in [-0.15, -0.1) is 5.10 Å². The molecule has 7 nitrogen and oxygen atoms in total. The van der Waals surface area contributed by atoms with Crippen LogP contribution >= 0.6 is 11.8 Å². The van der Waals surface area contributed by atoms with Crippen LogP contribution in [0.15, 0.2) is 89.8 Å². The van der Waals surface area contributed by atoms with Gasteiger partial charge in [-0.3, -0.25) is 0 Å². The maximum Gasteiger partial charge on any atom is 0.393 e. The molecule has 1 saturated heterocycles. The van der Waals surface area contributed by atoms with Crippen molar-refractivity contribution in [2.75, 3.05) is 10.7 Å². The predicted molar refractivity (Wildman–Crippen MR) is 176 cm³/mol. The number of halogens is 3. The summed E-state index contributed by atoms with van der Waals surface area (Å²) in [6.07, 6.45) is -1.80. The molecule has 1 atom stereocenters. The van der Waals surface area contributed by atoms with Gasteiger partial charge in [0.25, 0.3) is 0 Å². The Labute approximate surface area is 265 Å². The van der Waals surface area contributed by atoms with Crippen molar-refractivity contribution in [3.63, 3.8) is 0 Å². The van der Waals surface area contributed by atoms with Gasteiger partial charge in [0.2, 0.25) is 0 Å². The maximum absolute atomic E-state index is 13.1. The van der Waals surface area contributed by atoms with Crippen molar-refractivity contribution < 1.29 is 18.0 Å². The number of amides is 2. The Kier molecular flexibility index (Phi) is 9.77. The van der Waals surface area contributed by atoms with E-state index >= 15 is 0 Å². The van der Waals surface area contributed by atoms with E-state index in [1.54, 1.807) is 23.9 Å². The number of amidine groups is 1. The number of anilines is 1. The minimum atomic E-state index is -4.25. The Balaban J connectivity index is 1.27. The van der Waals surface area contributed by atoms with Crippen LogP contribution in [-0.2, 0) is 12.8 Å². The number of para-hydroxylation sites is 1. The molecule has 1 aliphatic rings. The number of carbonyl (C=O) groups is 1. The summed E-state index contributed by atoms with van der Waals surface area (Å²) in [5.74, 6) is 1.39. The standard InChI is InChI=1S/C34H35F3N6OS/c1-5-26-8-6-7-9-30(26)43-22(2)18-19-45-33(43)40-32(44)39-24(4)23(3)27-12-14-28(15-13-27)31-38-21-42(41-31)29-16-10-25(11-17-29)20-34(35,36)37/h6-17,21-22H,5,18-20H2,1-4H3,(H,39,44)/b24-23+,40-33?. The first-order valence-electron chi connectivity index (χ1n) is 14.8. The van der Waals surface area contributed by atoms with E-state index in [1.807, 2.05) is 50.2 Å². The highest BCUT2D eigenvalue weighted by atomic mass is 32.2. The minimum absolute atomic E-state index is 0.187. The van der Waals surface area contributed by atoms with Crippen LogP contribution in [0.3, 0.4) is 0 Å². The smallest absolute Gasteiger partial charge is 0.318 e. The lowest BCUT2D eigenvalue weighted by Crippen LogP contribution is -2.42. The van der Waals surface area contributed by atoms with E-state index in [2.05, 4.69) is 51.3 Å². The molecule has 2 amide bonds. The zero-order valence-corrected chi connectivity index (χ0v) is 26.4. The van der Waals surface area contributed by atoms with E-state index in [1.165, 1.54) is 28.7 Å². The van der Waals surface area contributed by atoms with E-state index in [0.717, 1.165) is 41.0 Å². The Bertz CT molecular complexity index is 1710. The molecule has 234 valence electrons. The van der Waals surface area contributed by atoms with Gasteiger partial charge in [-0.05, 0) is 74.1 Å². The summed E-state index contributed by atoms with van der Waals surface area (Å²) in [4.78, 5) is 24.1. The van der Waals surface area contributed by atoms with Crippen LogP contribution in [0.2, 0.25) is 0 Å². The molecule has 1 aliphatic heterocycles. The van der Waals surface area contributed by atoms with Crippen molar-refractivity contribution in [2.45, 2.75) is 59.2 Å². The summed E-state index contributed by atoms with van der Waals surface area (Å²) in [5, 5.41) is 8.15. The number of alkyl halides is 3. The van der Waals surface area contributed by atoms with Gasteiger partial charge in [0.1, 0.15) is 6.33 Å². The van der Waals surface area contributed by atoms with Gasteiger partial charge in [-0.2, -0.15) is 18.2 Å². The number of hydrogen-bond donors (Lipinski definition) is 1. The van der Waals surface area contributed by atoms with Crippen LogP contribution in [0.5, 0.6) is 0 Å². The van der Waals surface area contributed by atoms with Crippen molar-refractivity contribution in [1.82, 2.24) is 20.1 Å². The number of rotatable bonds is 7. The van der Waals surface area contributed by atoms with Crippen LogP contribution in [-0.4, -0.2) is 43.9 Å². The average molecular weight is 633 g/mol. The topological polar surface area (TPSA) is 75.4 Å². The van der Waals surface area contributed by atoms with Gasteiger partial charge in [-0.25, -0.2) is 14.5 Å². The number of carbonyl (C=O) groups excluding carboxylic acids is 1. The molecule has 0 saturated carbocycles. The second-order valence-electron chi connectivity index (χ2n) is 11.0. The monoisotopic (exact) mass is 632 g/mol. The summed E-state index contributed by atoms with van der Waals surface area (Å²) in [5.41, 5.74) is 6.40. The first kappa shape index (κ1) is 32.0. The van der Waals surface area contributed by atoms with Crippen molar-refractivity contribution >= 4 is 34.2 Å². The van der Waals surface area contributed by atoms with E-state index in [0.29, 0.717) is 22.4 Å². The van der Waals surface area contributed by atoms with Crippen molar-refractivity contribution in [3.8, 4) is 17.1 Å². The van der Waals surface area contributed by atoms with Crippen molar-refractivity contribution in [3.05, 3.63) is 102 Å². The van der Waals surface area contributed by atoms with Crippen LogP contribution in [0.25, 0.3) is 22.6 Å². The highest BCUT2D eigenvalue weighted by Crippen LogP contribution is 2.32. The molecule has 0 aliphatic carbocycles. The Hall–Kier alpha value is -4.38. The zero-order chi connectivity index (χ0) is 32.1. The maximum atomic E-state index is 13.1. The first-order valence-corrected chi connectivity index (χ1v) is 15.8. The second kappa shape index (κ2) is 13.7. The normalized spacial score (nSPS) is 16.9. The molecule has 1 N–H and O–H groups in total. The second-order valence-corrected chi connectivity index (χ2v) is 12.0. The fraction of sp³-hybridized carbons (Fsp3) is 0.294.